The van der Waals surface area contributed by atoms with Crippen molar-refractivity contribution in [2.75, 3.05) is 0 Å². The highest BCUT2D eigenvalue weighted by atomic mass is 16.6. The van der Waals surface area contributed by atoms with E-state index in [1.165, 1.54) is 12.1 Å². The fourth-order valence-electron chi connectivity index (χ4n) is 0.655. The average molecular weight is 151 g/mol. The van der Waals surface area contributed by atoms with Crippen LogP contribution in [-0.2, 0) is 0 Å². The second kappa shape index (κ2) is 2.57. The zero-order chi connectivity index (χ0) is 8.43. The normalized spacial score (nSPS) is 9.55. The number of benzene rings is 1. The maximum absolute atomic E-state index is 10.1. The Morgan fingerprint density at radius 2 is 2.18 bits per heavy atom. The summed E-state index contributed by atoms with van der Waals surface area (Å²) in [6.45, 7) is 5.20. The molecule has 4 nitrogen and oxygen atoms in total. The van der Waals surface area contributed by atoms with Crippen LogP contribution >= 0.6 is 0 Å². The maximum Gasteiger partial charge on any atom is 0.269 e. The van der Waals surface area contributed by atoms with Gasteiger partial charge >= 0.3 is 0 Å². The quantitative estimate of drug-likeness (QED) is 0.486. The summed E-state index contributed by atoms with van der Waals surface area (Å²) in [5, 5.41) is 19.0. The number of nitrogens with zero attached hydrogens (tertiary/aromatic N) is 1. The fourth-order valence-corrected chi connectivity index (χ4v) is 0.655. The zero-order valence-corrected chi connectivity index (χ0v) is 5.52. The van der Waals surface area contributed by atoms with Crippen molar-refractivity contribution in [3.63, 3.8) is 0 Å². The maximum atomic E-state index is 10.1. The van der Waals surface area contributed by atoms with Crippen LogP contribution in [0, 0.1) is 17.0 Å². The van der Waals surface area contributed by atoms with Crippen LogP contribution in [0.4, 0.5) is 5.69 Å². The molecule has 4 heteroatoms. The van der Waals surface area contributed by atoms with Crippen LogP contribution in [-0.4, -0.2) is 10.0 Å². The van der Waals surface area contributed by atoms with Crippen molar-refractivity contribution >= 4 is 5.69 Å². The first kappa shape index (κ1) is 7.53. The van der Waals surface area contributed by atoms with Gasteiger partial charge in [0.15, 0.2) is 0 Å². The van der Waals surface area contributed by atoms with Gasteiger partial charge in [-0.25, -0.2) is 0 Å². The van der Waals surface area contributed by atoms with Crippen molar-refractivity contribution < 1.29 is 10.0 Å². The Kier molecular flexibility index (Phi) is 1.76. The minimum atomic E-state index is -0.574. The Hall–Kier alpha value is -1.58. The number of phenolic OH excluding ortho intramolecular Hbond substituents is 1. The third-order valence-electron chi connectivity index (χ3n) is 1.22. The van der Waals surface area contributed by atoms with Gasteiger partial charge in [-0.15, -0.1) is 0 Å². The predicted octanol–water partition coefficient (Wildman–Crippen LogP) is 1.36. The van der Waals surface area contributed by atoms with Gasteiger partial charge in [0.25, 0.3) is 5.69 Å². The Morgan fingerprint density at radius 1 is 1.55 bits per heavy atom. The van der Waals surface area contributed by atoms with Gasteiger partial charge in [0.1, 0.15) is 5.75 Å². The van der Waals surface area contributed by atoms with Crippen molar-refractivity contribution in [1.82, 2.24) is 0 Å². The monoisotopic (exact) mass is 151 g/mol. The van der Waals surface area contributed by atoms with E-state index in [0.29, 0.717) is 0 Å². The number of rotatable bonds is 1. The van der Waals surface area contributed by atoms with E-state index in [1.807, 2.05) is 0 Å². The van der Waals surface area contributed by atoms with Gasteiger partial charge in [-0.3, -0.25) is 10.1 Å². The summed E-state index contributed by atoms with van der Waals surface area (Å²) >= 11 is 0. The van der Waals surface area contributed by atoms with Crippen LogP contribution < -0.4 is 0 Å². The van der Waals surface area contributed by atoms with Gasteiger partial charge in [0.2, 0.25) is 0 Å². The summed E-state index contributed by atoms with van der Waals surface area (Å²) in [6, 6.07) is 3.48. The Labute approximate surface area is 63.2 Å². The van der Waals surface area contributed by atoms with Gasteiger partial charge in [-0.2, -0.15) is 0 Å². The van der Waals surface area contributed by atoms with E-state index in [9.17, 15) is 10.1 Å². The lowest BCUT2D eigenvalue weighted by Gasteiger charge is -1.95. The number of hydrogen-bond donors (Lipinski definition) is 1. The number of aromatic hydroxyl groups is 1. The van der Waals surface area contributed by atoms with Crippen molar-refractivity contribution in [2.45, 2.75) is 0 Å². The molecule has 0 fully saturated rings. The van der Waals surface area contributed by atoms with Crippen molar-refractivity contribution in [3.05, 3.63) is 40.8 Å². The minimum Gasteiger partial charge on any atom is -0.508 e. The molecule has 0 aliphatic rings. The number of hydrogen-bond acceptors (Lipinski definition) is 3. The molecule has 0 heterocycles. The third-order valence-corrected chi connectivity index (χ3v) is 1.22. The summed E-state index contributed by atoms with van der Waals surface area (Å²) in [6.07, 6.45) is 0. The highest BCUT2D eigenvalue weighted by Gasteiger charge is 2.06. The molecule has 1 rings (SSSR count). The minimum absolute atomic E-state index is 0.0131. The topological polar surface area (TPSA) is 63.4 Å². The Bertz CT molecular complexity index is 296. The van der Waals surface area contributed by atoms with E-state index in [1.54, 1.807) is 0 Å². The fraction of sp³-hybridized carbons (Fsp3) is 0. The molecule has 0 unspecified atom stereocenters. The lowest BCUT2D eigenvalue weighted by Crippen LogP contribution is -1.87. The summed E-state index contributed by atoms with van der Waals surface area (Å²) in [7, 11) is 0. The molecule has 0 aliphatic carbocycles. The molecule has 1 aromatic carbocycles. The van der Waals surface area contributed by atoms with Gasteiger partial charge in [-0.1, -0.05) is 0 Å². The van der Waals surface area contributed by atoms with E-state index >= 15 is 0 Å². The van der Waals surface area contributed by atoms with Crippen LogP contribution in [0.2, 0.25) is 0 Å². The van der Waals surface area contributed by atoms with E-state index in [-0.39, 0.29) is 17.0 Å². The van der Waals surface area contributed by atoms with Crippen molar-refractivity contribution in [3.8, 4) is 5.75 Å². The zero-order valence-electron chi connectivity index (χ0n) is 5.52. The number of nitro benzene ring substituents is 1. The van der Waals surface area contributed by atoms with Crippen LogP contribution in [0.15, 0.2) is 18.2 Å². The first-order chi connectivity index (χ1) is 5.11. The first-order valence-corrected chi connectivity index (χ1v) is 2.84. The van der Waals surface area contributed by atoms with E-state index in [2.05, 4.69) is 0 Å². The highest BCUT2D eigenvalue weighted by molar-refractivity contribution is 5.44. The molecule has 1 aromatic rings. The highest BCUT2D eigenvalue weighted by Crippen LogP contribution is 2.21. The summed E-state index contributed by atoms with van der Waals surface area (Å²) in [5.74, 6) is -0.143. The lowest BCUT2D eigenvalue weighted by atomic mass is 10.2. The molecule has 11 heavy (non-hydrogen) atoms. The molecule has 1 N–H and O–H groups in total. The molecule has 0 atom stereocenters. The third kappa shape index (κ3) is 1.46. The predicted molar refractivity (Wildman–Crippen MR) is 38.2 cm³/mol. The summed E-state index contributed by atoms with van der Waals surface area (Å²) in [5.41, 5.74) is -0.112. The molecule has 0 aliphatic heterocycles. The molecule has 0 amide bonds. The first-order valence-electron chi connectivity index (χ1n) is 2.84. The van der Waals surface area contributed by atoms with Crippen LogP contribution in [0.5, 0.6) is 5.75 Å². The van der Waals surface area contributed by atoms with Crippen LogP contribution in [0.1, 0.15) is 5.56 Å². The number of nitro groups is 1. The molecule has 56 valence electrons. The second-order valence-corrected chi connectivity index (χ2v) is 2.00. The molecule has 0 bridgehead atoms. The standard InChI is InChI=1S/C7H5NO3/c1-5-4-6(8(10)11)2-3-7(5)9/h1-4,9H. The molecule has 0 saturated heterocycles. The van der Waals surface area contributed by atoms with Gasteiger partial charge in [-0.05, 0) is 6.07 Å². The Morgan fingerprint density at radius 3 is 2.64 bits per heavy atom. The van der Waals surface area contributed by atoms with Crippen molar-refractivity contribution in [2.24, 2.45) is 0 Å². The SMILES string of the molecule is [CH]c1cc([N+](=O)[O-])ccc1O. The van der Waals surface area contributed by atoms with E-state index < -0.39 is 4.92 Å². The van der Waals surface area contributed by atoms with Gasteiger partial charge in [0.05, 0.1) is 4.92 Å². The molecule has 0 spiro atoms. The van der Waals surface area contributed by atoms with E-state index in [0.717, 1.165) is 6.07 Å². The molecule has 0 saturated carbocycles. The number of phenols is 1. The summed E-state index contributed by atoms with van der Waals surface area (Å²) < 4.78 is 0. The lowest BCUT2D eigenvalue weighted by molar-refractivity contribution is -0.384. The summed E-state index contributed by atoms with van der Waals surface area (Å²) in [4.78, 5) is 9.56. The average Bonchev–Trinajstić information content (AvgIpc) is 1.94. The molecule has 0 aromatic heterocycles. The number of non-ortho nitro benzene ring substituents is 1. The largest absolute Gasteiger partial charge is 0.508 e. The van der Waals surface area contributed by atoms with E-state index in [4.69, 9.17) is 12.0 Å². The van der Waals surface area contributed by atoms with Crippen LogP contribution in [0.3, 0.4) is 0 Å². The molecule has 2 radical (unpaired) electrons. The van der Waals surface area contributed by atoms with Gasteiger partial charge < -0.3 is 5.11 Å². The molecular formula is C7H5NO3. The molecular weight excluding hydrogens is 146 g/mol. The second-order valence-electron chi connectivity index (χ2n) is 2.00. The van der Waals surface area contributed by atoms with Crippen LogP contribution in [0.25, 0.3) is 0 Å². The van der Waals surface area contributed by atoms with Crippen molar-refractivity contribution in [1.29, 1.82) is 0 Å². The smallest absolute Gasteiger partial charge is 0.269 e. The Balaban J connectivity index is 3.15. The van der Waals surface area contributed by atoms with Gasteiger partial charge in [0, 0.05) is 24.6 Å².